The third kappa shape index (κ3) is 3.16. The summed E-state index contributed by atoms with van der Waals surface area (Å²) in [7, 11) is 1.60. The predicted octanol–water partition coefficient (Wildman–Crippen LogP) is 1.49. The molecule has 1 heterocycles. The van der Waals surface area contributed by atoms with E-state index in [1.165, 1.54) is 0 Å². The number of hydrogen-bond acceptors (Lipinski definition) is 6. The fourth-order valence-electron chi connectivity index (χ4n) is 2.20. The van der Waals surface area contributed by atoms with E-state index < -0.39 is 6.04 Å². The molecule has 3 N–H and O–H groups in total. The van der Waals surface area contributed by atoms with Crippen molar-refractivity contribution in [3.8, 4) is 5.75 Å². The number of rotatable bonds is 4. The highest BCUT2D eigenvalue weighted by Crippen LogP contribution is 2.31. The lowest BCUT2D eigenvalue weighted by Crippen LogP contribution is -2.37. The van der Waals surface area contributed by atoms with Crippen LogP contribution in [-0.2, 0) is 9.53 Å². The van der Waals surface area contributed by atoms with Gasteiger partial charge >= 0.3 is 5.97 Å². The second-order valence-corrected chi connectivity index (χ2v) is 4.57. The van der Waals surface area contributed by atoms with Crippen molar-refractivity contribution in [2.75, 3.05) is 13.7 Å². The Morgan fingerprint density at radius 3 is 2.62 bits per heavy atom. The summed E-state index contributed by atoms with van der Waals surface area (Å²) in [6.45, 7) is 3.86. The Labute approximate surface area is 123 Å². The number of nitrogens with zero attached hydrogens (tertiary/aromatic N) is 1. The number of benzene rings is 1. The molecular weight excluding hydrogens is 270 g/mol. The Bertz CT molecular complexity index is 591. The fraction of sp³-hybridized carbons (Fsp3) is 0.333. The van der Waals surface area contributed by atoms with Gasteiger partial charge in [-0.05, 0) is 31.5 Å². The van der Waals surface area contributed by atoms with Crippen LogP contribution in [0.3, 0.4) is 0 Å². The maximum Gasteiger partial charge on any atom is 0.338 e. The zero-order chi connectivity index (χ0) is 15.4. The molecular formula is C15H19N3O3. The molecule has 1 aliphatic rings. The van der Waals surface area contributed by atoms with Crippen molar-refractivity contribution in [1.29, 1.82) is 0 Å². The van der Waals surface area contributed by atoms with Crippen molar-refractivity contribution < 1.29 is 14.3 Å². The lowest BCUT2D eigenvalue weighted by atomic mass is 9.96. The molecule has 0 aromatic heterocycles. The van der Waals surface area contributed by atoms with E-state index in [-0.39, 0.29) is 11.9 Å². The number of ether oxygens (including phenoxy) is 2. The minimum atomic E-state index is -0.476. The van der Waals surface area contributed by atoms with Crippen LogP contribution in [0, 0.1) is 0 Å². The Hall–Kier alpha value is -2.50. The van der Waals surface area contributed by atoms with Gasteiger partial charge in [0.15, 0.2) is 5.96 Å². The van der Waals surface area contributed by atoms with Crippen LogP contribution in [0.1, 0.15) is 25.5 Å². The first-order valence-corrected chi connectivity index (χ1v) is 6.69. The van der Waals surface area contributed by atoms with E-state index in [9.17, 15) is 4.79 Å². The van der Waals surface area contributed by atoms with Gasteiger partial charge in [0, 0.05) is 5.70 Å². The number of hydrogen-bond donors (Lipinski definition) is 2. The summed E-state index contributed by atoms with van der Waals surface area (Å²) in [6, 6.07) is 6.88. The van der Waals surface area contributed by atoms with Gasteiger partial charge in [-0.2, -0.15) is 0 Å². The summed E-state index contributed by atoms with van der Waals surface area (Å²) in [6.07, 6.45) is 0. The Morgan fingerprint density at radius 1 is 1.38 bits per heavy atom. The fourth-order valence-corrected chi connectivity index (χ4v) is 2.20. The lowest BCUT2D eigenvalue weighted by Gasteiger charge is -2.24. The summed E-state index contributed by atoms with van der Waals surface area (Å²) in [5.41, 5.74) is 7.75. The molecule has 0 saturated heterocycles. The molecule has 1 unspecified atom stereocenters. The van der Waals surface area contributed by atoms with Crippen molar-refractivity contribution in [3.05, 3.63) is 41.1 Å². The highest BCUT2D eigenvalue weighted by Gasteiger charge is 2.29. The van der Waals surface area contributed by atoms with Crippen LogP contribution in [0.5, 0.6) is 5.75 Å². The predicted molar refractivity (Wildman–Crippen MR) is 79.8 cm³/mol. The normalized spacial score (nSPS) is 17.9. The van der Waals surface area contributed by atoms with Gasteiger partial charge < -0.3 is 20.5 Å². The number of allylic oxidation sites excluding steroid dienone is 1. The molecule has 1 aliphatic heterocycles. The third-order valence-corrected chi connectivity index (χ3v) is 3.19. The average Bonchev–Trinajstić information content (AvgIpc) is 2.46. The van der Waals surface area contributed by atoms with Crippen LogP contribution in [0.25, 0.3) is 0 Å². The maximum atomic E-state index is 12.2. The molecule has 0 radical (unpaired) electrons. The van der Waals surface area contributed by atoms with Crippen molar-refractivity contribution in [2.45, 2.75) is 19.9 Å². The number of methoxy groups -OCH3 is 1. The van der Waals surface area contributed by atoms with Gasteiger partial charge in [-0.15, -0.1) is 0 Å². The highest BCUT2D eigenvalue weighted by atomic mass is 16.5. The molecule has 1 atom stereocenters. The van der Waals surface area contributed by atoms with Crippen LogP contribution in [0.15, 0.2) is 40.5 Å². The molecule has 2 rings (SSSR count). The van der Waals surface area contributed by atoms with Gasteiger partial charge in [-0.1, -0.05) is 12.1 Å². The summed E-state index contributed by atoms with van der Waals surface area (Å²) in [5.74, 6) is 0.629. The first-order chi connectivity index (χ1) is 10.1. The molecule has 1 aromatic rings. The second kappa shape index (κ2) is 6.30. The largest absolute Gasteiger partial charge is 0.497 e. The number of esters is 1. The van der Waals surface area contributed by atoms with E-state index in [0.29, 0.717) is 17.9 Å². The third-order valence-electron chi connectivity index (χ3n) is 3.19. The van der Waals surface area contributed by atoms with Crippen LogP contribution in [0.4, 0.5) is 0 Å². The maximum absolute atomic E-state index is 12.2. The molecule has 0 aliphatic carbocycles. The summed E-state index contributed by atoms with van der Waals surface area (Å²) < 4.78 is 10.2. The summed E-state index contributed by atoms with van der Waals surface area (Å²) >= 11 is 0. The van der Waals surface area contributed by atoms with Crippen LogP contribution >= 0.6 is 0 Å². The van der Waals surface area contributed by atoms with E-state index >= 15 is 0 Å². The van der Waals surface area contributed by atoms with Crippen LogP contribution in [0.2, 0.25) is 0 Å². The highest BCUT2D eigenvalue weighted by molar-refractivity contribution is 5.94. The van der Waals surface area contributed by atoms with Gasteiger partial charge in [0.25, 0.3) is 0 Å². The van der Waals surface area contributed by atoms with E-state index in [1.807, 2.05) is 24.3 Å². The standard InChI is InChI=1S/C15H19N3O3/c1-4-21-14(19)12-9(2)17-15(16)18-13(12)10-5-7-11(20-3)8-6-10/h5-8,13H,4H2,1-3H3,(H3,16,17,18). The molecule has 21 heavy (non-hydrogen) atoms. The molecule has 6 heteroatoms. The molecule has 0 spiro atoms. The minimum absolute atomic E-state index is 0.279. The number of carbonyl (C=O) groups is 1. The average molecular weight is 289 g/mol. The van der Waals surface area contributed by atoms with Crippen molar-refractivity contribution in [2.24, 2.45) is 10.7 Å². The van der Waals surface area contributed by atoms with Gasteiger partial charge in [-0.3, -0.25) is 0 Å². The molecule has 0 fully saturated rings. The number of guanidine groups is 1. The first kappa shape index (κ1) is 14.9. The zero-order valence-corrected chi connectivity index (χ0v) is 12.3. The zero-order valence-electron chi connectivity index (χ0n) is 12.3. The van der Waals surface area contributed by atoms with Crippen LogP contribution < -0.4 is 15.8 Å². The van der Waals surface area contributed by atoms with Gasteiger partial charge in [0.05, 0.1) is 19.3 Å². The van der Waals surface area contributed by atoms with E-state index in [2.05, 4.69) is 10.3 Å². The monoisotopic (exact) mass is 289 g/mol. The van der Waals surface area contributed by atoms with Crippen LogP contribution in [-0.4, -0.2) is 25.6 Å². The Kier molecular flexibility index (Phi) is 4.47. The SMILES string of the molecule is CCOC(=O)C1=C(C)NC(N)=NC1c1ccc(OC)cc1. The number of nitrogens with two attached hydrogens (primary N) is 1. The van der Waals surface area contributed by atoms with Crippen molar-refractivity contribution >= 4 is 11.9 Å². The number of aliphatic imine (C=N–C) groups is 1. The molecule has 112 valence electrons. The molecule has 0 bridgehead atoms. The smallest absolute Gasteiger partial charge is 0.338 e. The minimum Gasteiger partial charge on any atom is -0.497 e. The molecule has 0 saturated carbocycles. The van der Waals surface area contributed by atoms with E-state index in [1.54, 1.807) is 21.0 Å². The van der Waals surface area contributed by atoms with Crippen molar-refractivity contribution in [1.82, 2.24) is 5.32 Å². The molecule has 6 nitrogen and oxygen atoms in total. The van der Waals surface area contributed by atoms with Crippen molar-refractivity contribution in [3.63, 3.8) is 0 Å². The van der Waals surface area contributed by atoms with E-state index in [0.717, 1.165) is 11.3 Å². The van der Waals surface area contributed by atoms with Gasteiger partial charge in [0.2, 0.25) is 0 Å². The Balaban J connectivity index is 2.40. The second-order valence-electron chi connectivity index (χ2n) is 4.57. The Morgan fingerprint density at radius 2 is 2.05 bits per heavy atom. The number of nitrogens with one attached hydrogen (secondary N) is 1. The summed E-state index contributed by atoms with van der Waals surface area (Å²) in [5, 5.41) is 2.87. The van der Waals surface area contributed by atoms with Gasteiger partial charge in [-0.25, -0.2) is 9.79 Å². The summed E-state index contributed by atoms with van der Waals surface area (Å²) in [4.78, 5) is 16.5. The molecule has 1 aromatic carbocycles. The quantitative estimate of drug-likeness (QED) is 0.820. The first-order valence-electron chi connectivity index (χ1n) is 6.69. The van der Waals surface area contributed by atoms with E-state index in [4.69, 9.17) is 15.2 Å². The number of carbonyl (C=O) groups excluding carboxylic acids is 1. The molecule has 0 amide bonds. The lowest BCUT2D eigenvalue weighted by molar-refractivity contribution is -0.138. The topological polar surface area (TPSA) is 85.9 Å². The van der Waals surface area contributed by atoms with Gasteiger partial charge in [0.1, 0.15) is 11.8 Å².